The molecule has 0 spiro atoms. The Balaban J connectivity index is 2.81. The average molecular weight is 244 g/mol. The summed E-state index contributed by atoms with van der Waals surface area (Å²) < 4.78 is 6.63. The van der Waals surface area contributed by atoms with Crippen molar-refractivity contribution in [2.75, 3.05) is 13.7 Å². The van der Waals surface area contributed by atoms with Crippen molar-refractivity contribution in [2.45, 2.75) is 24.5 Å². The minimum atomic E-state index is -1.49. The molecule has 0 aliphatic rings. The molecule has 0 amide bonds. The SMILES string of the molecule is COC([C@@H](O)[C@H](O)[C@H](O)CO)[n+]1ccccc1. The Kier molecular flexibility index (Phi) is 5.46. The van der Waals surface area contributed by atoms with E-state index in [-0.39, 0.29) is 0 Å². The van der Waals surface area contributed by atoms with Gasteiger partial charge in [0.25, 0.3) is 6.23 Å². The smallest absolute Gasteiger partial charge is 0.291 e. The van der Waals surface area contributed by atoms with Crippen LogP contribution in [0.4, 0.5) is 0 Å². The van der Waals surface area contributed by atoms with Gasteiger partial charge in [-0.1, -0.05) is 6.07 Å². The first kappa shape index (κ1) is 14.0. The summed E-state index contributed by atoms with van der Waals surface area (Å²) in [5.74, 6) is 0. The van der Waals surface area contributed by atoms with Crippen LogP contribution in [0.15, 0.2) is 30.6 Å². The number of rotatable bonds is 6. The van der Waals surface area contributed by atoms with Crippen molar-refractivity contribution in [3.63, 3.8) is 0 Å². The average Bonchev–Trinajstić information content (AvgIpc) is 2.38. The molecule has 4 atom stereocenters. The summed E-state index contributed by atoms with van der Waals surface area (Å²) in [5, 5.41) is 37.4. The molecule has 1 rings (SSSR count). The number of aliphatic hydroxyl groups excluding tert-OH is 4. The molecule has 0 fully saturated rings. The summed E-state index contributed by atoms with van der Waals surface area (Å²) in [7, 11) is 1.38. The van der Waals surface area contributed by atoms with Gasteiger partial charge in [-0.05, 0) is 0 Å². The second-order valence-electron chi connectivity index (χ2n) is 3.68. The van der Waals surface area contributed by atoms with Gasteiger partial charge in [0, 0.05) is 19.2 Å². The van der Waals surface area contributed by atoms with Crippen LogP contribution >= 0.6 is 0 Å². The van der Waals surface area contributed by atoms with E-state index in [1.807, 2.05) is 0 Å². The summed E-state index contributed by atoms with van der Waals surface area (Å²) in [6.07, 6.45) is -1.77. The third-order valence-corrected chi connectivity index (χ3v) is 2.50. The van der Waals surface area contributed by atoms with Gasteiger partial charge in [0.15, 0.2) is 18.5 Å². The van der Waals surface area contributed by atoms with Crippen LogP contribution in [0.1, 0.15) is 6.23 Å². The number of hydrogen-bond acceptors (Lipinski definition) is 5. The summed E-state index contributed by atoms with van der Waals surface area (Å²) in [4.78, 5) is 0. The number of methoxy groups -OCH3 is 1. The number of pyridine rings is 1. The molecule has 6 nitrogen and oxygen atoms in total. The van der Waals surface area contributed by atoms with Crippen molar-refractivity contribution in [1.29, 1.82) is 0 Å². The Morgan fingerprint density at radius 1 is 1.06 bits per heavy atom. The van der Waals surface area contributed by atoms with Crippen LogP contribution in [-0.2, 0) is 4.74 Å². The number of aromatic nitrogens is 1. The van der Waals surface area contributed by atoms with E-state index in [0.717, 1.165) is 0 Å². The molecule has 17 heavy (non-hydrogen) atoms. The van der Waals surface area contributed by atoms with Crippen LogP contribution in [0.25, 0.3) is 0 Å². The Morgan fingerprint density at radius 2 is 1.65 bits per heavy atom. The highest BCUT2D eigenvalue weighted by atomic mass is 16.5. The van der Waals surface area contributed by atoms with Gasteiger partial charge in [0.1, 0.15) is 12.2 Å². The summed E-state index contributed by atoms with van der Waals surface area (Å²) in [6.45, 7) is -0.631. The molecule has 1 unspecified atom stereocenters. The molecule has 0 aliphatic heterocycles. The van der Waals surface area contributed by atoms with E-state index < -0.39 is 31.1 Å². The molecular formula is C11H18NO5+. The molecule has 0 saturated heterocycles. The maximum absolute atomic E-state index is 9.87. The second-order valence-corrected chi connectivity index (χ2v) is 3.68. The fourth-order valence-electron chi connectivity index (χ4n) is 1.52. The van der Waals surface area contributed by atoms with Crippen molar-refractivity contribution in [3.05, 3.63) is 30.6 Å². The zero-order chi connectivity index (χ0) is 12.8. The molecule has 0 aromatic carbocycles. The van der Waals surface area contributed by atoms with Gasteiger partial charge in [-0.3, -0.25) is 0 Å². The van der Waals surface area contributed by atoms with Crippen LogP contribution in [0.3, 0.4) is 0 Å². The standard InChI is InChI=1S/C11H18NO5/c1-17-11(12-5-3-2-4-6-12)10(16)9(15)8(14)7-13/h2-6,8-11,13-16H,7H2,1H3/q+1/t8-,9-,10+,11?/m1/s1. The molecular weight excluding hydrogens is 226 g/mol. The van der Waals surface area contributed by atoms with Gasteiger partial charge < -0.3 is 25.2 Å². The Hall–Kier alpha value is -1.05. The van der Waals surface area contributed by atoms with Crippen LogP contribution in [0, 0.1) is 0 Å². The van der Waals surface area contributed by atoms with Crippen LogP contribution in [0.5, 0.6) is 0 Å². The normalized spacial score (nSPS) is 18.4. The van der Waals surface area contributed by atoms with Crippen molar-refractivity contribution in [3.8, 4) is 0 Å². The third kappa shape index (κ3) is 3.45. The lowest BCUT2D eigenvalue weighted by Crippen LogP contribution is -2.53. The van der Waals surface area contributed by atoms with Gasteiger partial charge in [-0.25, -0.2) is 0 Å². The van der Waals surface area contributed by atoms with Gasteiger partial charge in [0.05, 0.1) is 6.61 Å². The molecule has 4 N–H and O–H groups in total. The second kappa shape index (κ2) is 6.63. The van der Waals surface area contributed by atoms with Gasteiger partial charge >= 0.3 is 0 Å². The number of hydrogen-bond donors (Lipinski definition) is 4. The largest absolute Gasteiger partial charge is 0.394 e. The Morgan fingerprint density at radius 3 is 2.12 bits per heavy atom. The zero-order valence-corrected chi connectivity index (χ0v) is 9.55. The zero-order valence-electron chi connectivity index (χ0n) is 9.55. The predicted molar refractivity (Wildman–Crippen MR) is 57.8 cm³/mol. The lowest BCUT2D eigenvalue weighted by Gasteiger charge is -2.24. The fraction of sp³-hybridized carbons (Fsp3) is 0.545. The van der Waals surface area contributed by atoms with E-state index >= 15 is 0 Å². The first-order valence-corrected chi connectivity index (χ1v) is 5.25. The van der Waals surface area contributed by atoms with E-state index in [1.165, 1.54) is 7.11 Å². The van der Waals surface area contributed by atoms with E-state index in [9.17, 15) is 15.3 Å². The quantitative estimate of drug-likeness (QED) is 0.443. The molecule has 1 aromatic rings. The molecule has 6 heteroatoms. The van der Waals surface area contributed by atoms with E-state index in [2.05, 4.69) is 0 Å². The number of aliphatic hydroxyl groups is 4. The Bertz CT molecular complexity index is 321. The highest BCUT2D eigenvalue weighted by Gasteiger charge is 2.36. The monoisotopic (exact) mass is 244 g/mol. The summed E-state index contributed by atoms with van der Waals surface area (Å²) in [6, 6.07) is 5.29. The van der Waals surface area contributed by atoms with Crippen molar-refractivity contribution in [1.82, 2.24) is 0 Å². The molecule has 1 aromatic heterocycles. The lowest BCUT2D eigenvalue weighted by molar-refractivity contribution is -0.770. The number of ether oxygens (including phenoxy) is 1. The van der Waals surface area contributed by atoms with Crippen LogP contribution in [-0.4, -0.2) is 52.5 Å². The molecule has 0 radical (unpaired) electrons. The third-order valence-electron chi connectivity index (χ3n) is 2.50. The maximum atomic E-state index is 9.87. The molecule has 1 heterocycles. The van der Waals surface area contributed by atoms with Crippen LogP contribution < -0.4 is 4.57 Å². The highest BCUT2D eigenvalue weighted by Crippen LogP contribution is 2.11. The van der Waals surface area contributed by atoms with Gasteiger partial charge in [0.2, 0.25) is 0 Å². The van der Waals surface area contributed by atoms with Crippen LogP contribution in [0.2, 0.25) is 0 Å². The molecule has 0 saturated carbocycles. The van der Waals surface area contributed by atoms with Crippen molar-refractivity contribution < 1.29 is 29.7 Å². The first-order chi connectivity index (χ1) is 8.11. The maximum Gasteiger partial charge on any atom is 0.291 e. The number of nitrogens with zero attached hydrogens (tertiary/aromatic N) is 1. The highest BCUT2D eigenvalue weighted by molar-refractivity contribution is 4.84. The summed E-state index contributed by atoms with van der Waals surface area (Å²) in [5.41, 5.74) is 0. The van der Waals surface area contributed by atoms with Gasteiger partial charge in [-0.15, -0.1) is 0 Å². The van der Waals surface area contributed by atoms with Crippen molar-refractivity contribution in [2.24, 2.45) is 0 Å². The van der Waals surface area contributed by atoms with E-state index in [4.69, 9.17) is 9.84 Å². The Labute approximate surface area is 99.3 Å². The fourth-order valence-corrected chi connectivity index (χ4v) is 1.52. The molecule has 0 aliphatic carbocycles. The van der Waals surface area contributed by atoms with E-state index in [0.29, 0.717) is 0 Å². The van der Waals surface area contributed by atoms with E-state index in [1.54, 1.807) is 35.2 Å². The predicted octanol–water partition coefficient (Wildman–Crippen LogP) is -1.81. The molecule has 0 bridgehead atoms. The van der Waals surface area contributed by atoms with Gasteiger partial charge in [-0.2, -0.15) is 4.57 Å². The molecule has 96 valence electrons. The lowest BCUT2D eigenvalue weighted by atomic mass is 10.1. The minimum Gasteiger partial charge on any atom is -0.394 e. The minimum absolute atomic E-state index is 0.631. The van der Waals surface area contributed by atoms with Crippen molar-refractivity contribution >= 4 is 0 Å². The first-order valence-electron chi connectivity index (χ1n) is 5.25. The summed E-state index contributed by atoms with van der Waals surface area (Å²) >= 11 is 0. The topological polar surface area (TPSA) is 94.0 Å².